The highest BCUT2D eigenvalue weighted by atomic mass is 16.2. The van der Waals surface area contributed by atoms with Crippen molar-refractivity contribution < 1.29 is 9.59 Å². The number of H-pyrrole nitrogens is 1. The lowest BCUT2D eigenvalue weighted by Gasteiger charge is -2.37. The molecule has 2 heterocycles. The molecule has 2 aromatic heterocycles. The van der Waals surface area contributed by atoms with Gasteiger partial charge in [0.05, 0.1) is 18.2 Å². The topological polar surface area (TPSA) is 118 Å². The van der Waals surface area contributed by atoms with Crippen LogP contribution in [0.25, 0.3) is 21.7 Å². The molecule has 4 aromatic carbocycles. The molecule has 9 nitrogen and oxygen atoms in total. The summed E-state index contributed by atoms with van der Waals surface area (Å²) in [5, 5.41) is 22.4. The van der Waals surface area contributed by atoms with Gasteiger partial charge < -0.3 is 15.6 Å². The Hall–Kier alpha value is -5.31. The molecule has 7 rings (SSSR count). The molecule has 3 N–H and O–H groups in total. The first-order valence-corrected chi connectivity index (χ1v) is 15.6. The molecule has 45 heavy (non-hydrogen) atoms. The van der Waals surface area contributed by atoms with Crippen molar-refractivity contribution in [1.82, 2.24) is 35.8 Å². The number of carbonyl (C=O) groups is 2. The molecular formula is C36H35N7O2. The van der Waals surface area contributed by atoms with E-state index in [4.69, 9.17) is 0 Å². The number of hydrogen-bond acceptors (Lipinski definition) is 5. The molecular weight excluding hydrogens is 562 g/mol. The minimum absolute atomic E-state index is 0.213. The van der Waals surface area contributed by atoms with Gasteiger partial charge in [-0.3, -0.25) is 9.59 Å². The highest BCUT2D eigenvalue weighted by molar-refractivity contribution is 6.08. The van der Waals surface area contributed by atoms with Gasteiger partial charge in [0.15, 0.2) is 5.82 Å². The molecule has 6 aromatic rings. The standard InChI is InChI=1S/C36H35N7O2/c44-34(30-23-37-31-16-8-7-15-29(30)31)39-36(19-9-2-10-20-36)35(45)38-32(22-26-17-18-27-13-5-6-14-28(27)21-26)33-40-41-42-43(33)24-25-11-3-1-4-12-25/h1,3-8,11-18,21,23,32,37H,2,9-10,19-20,22,24H2,(H,38,45)(H,39,44)/t32-/m0/s1. The Morgan fingerprint density at radius 2 is 1.60 bits per heavy atom. The fourth-order valence-electron chi connectivity index (χ4n) is 6.54. The first-order valence-electron chi connectivity index (χ1n) is 15.6. The summed E-state index contributed by atoms with van der Waals surface area (Å²) in [5.41, 5.74) is 2.46. The monoisotopic (exact) mass is 597 g/mol. The summed E-state index contributed by atoms with van der Waals surface area (Å²) in [7, 11) is 0. The van der Waals surface area contributed by atoms with Gasteiger partial charge in [-0.1, -0.05) is 110 Å². The van der Waals surface area contributed by atoms with E-state index in [1.165, 1.54) is 0 Å². The van der Waals surface area contributed by atoms with Crippen LogP contribution >= 0.6 is 0 Å². The molecule has 1 aliphatic rings. The second kappa shape index (κ2) is 12.4. The molecule has 1 aliphatic carbocycles. The van der Waals surface area contributed by atoms with Crippen molar-refractivity contribution in [2.45, 2.75) is 56.7 Å². The van der Waals surface area contributed by atoms with Gasteiger partial charge in [-0.2, -0.15) is 0 Å². The van der Waals surface area contributed by atoms with E-state index in [-0.39, 0.29) is 11.8 Å². The van der Waals surface area contributed by atoms with E-state index >= 15 is 0 Å². The van der Waals surface area contributed by atoms with Crippen molar-refractivity contribution >= 4 is 33.5 Å². The van der Waals surface area contributed by atoms with E-state index in [0.29, 0.717) is 37.2 Å². The number of benzene rings is 4. The number of nitrogens with zero attached hydrogens (tertiary/aromatic N) is 4. The van der Waals surface area contributed by atoms with Gasteiger partial charge in [-0.25, -0.2) is 4.68 Å². The van der Waals surface area contributed by atoms with Gasteiger partial charge in [0.25, 0.3) is 5.91 Å². The number of rotatable bonds is 9. The van der Waals surface area contributed by atoms with Crippen molar-refractivity contribution in [1.29, 1.82) is 0 Å². The van der Waals surface area contributed by atoms with Crippen molar-refractivity contribution in [2.75, 3.05) is 0 Å². The Bertz CT molecular complexity index is 1960. The van der Waals surface area contributed by atoms with Crippen LogP contribution in [0.3, 0.4) is 0 Å². The summed E-state index contributed by atoms with van der Waals surface area (Å²) in [5.74, 6) is 0.0919. The van der Waals surface area contributed by atoms with E-state index in [0.717, 1.165) is 52.1 Å². The highest BCUT2D eigenvalue weighted by Gasteiger charge is 2.42. The number of aromatic amines is 1. The van der Waals surface area contributed by atoms with Crippen molar-refractivity contribution in [3.63, 3.8) is 0 Å². The number of nitrogens with one attached hydrogen (secondary N) is 3. The number of para-hydroxylation sites is 1. The Morgan fingerprint density at radius 1 is 0.844 bits per heavy atom. The Morgan fingerprint density at radius 3 is 2.44 bits per heavy atom. The van der Waals surface area contributed by atoms with Crippen LogP contribution < -0.4 is 10.6 Å². The summed E-state index contributed by atoms with van der Waals surface area (Å²) in [4.78, 5) is 31.4. The smallest absolute Gasteiger partial charge is 0.254 e. The lowest BCUT2D eigenvalue weighted by Crippen LogP contribution is -2.60. The van der Waals surface area contributed by atoms with Gasteiger partial charge >= 0.3 is 0 Å². The molecule has 226 valence electrons. The number of aromatic nitrogens is 5. The summed E-state index contributed by atoms with van der Waals surface area (Å²) in [6, 6.07) is 31.7. The Kier molecular flexibility index (Phi) is 7.82. The summed E-state index contributed by atoms with van der Waals surface area (Å²) >= 11 is 0. The number of carbonyl (C=O) groups excluding carboxylic acids is 2. The number of hydrogen-bond donors (Lipinski definition) is 3. The molecule has 1 fully saturated rings. The zero-order valence-electron chi connectivity index (χ0n) is 24.9. The first-order chi connectivity index (χ1) is 22.1. The third-order valence-electron chi connectivity index (χ3n) is 8.93. The van der Waals surface area contributed by atoms with Crippen molar-refractivity contribution in [3.8, 4) is 0 Å². The van der Waals surface area contributed by atoms with Crippen LogP contribution in [0.2, 0.25) is 0 Å². The van der Waals surface area contributed by atoms with Crippen LogP contribution in [0.5, 0.6) is 0 Å². The van der Waals surface area contributed by atoms with Crippen molar-refractivity contribution in [3.05, 3.63) is 126 Å². The minimum atomic E-state index is -1.05. The largest absolute Gasteiger partial charge is 0.360 e. The van der Waals surface area contributed by atoms with E-state index in [1.54, 1.807) is 10.9 Å². The number of amides is 2. The van der Waals surface area contributed by atoms with Crippen LogP contribution in [-0.4, -0.2) is 42.5 Å². The van der Waals surface area contributed by atoms with E-state index in [9.17, 15) is 9.59 Å². The molecule has 0 saturated heterocycles. The van der Waals surface area contributed by atoms with Gasteiger partial charge in [-0.15, -0.1) is 5.10 Å². The van der Waals surface area contributed by atoms with Crippen molar-refractivity contribution in [2.24, 2.45) is 0 Å². The predicted octanol–water partition coefficient (Wildman–Crippen LogP) is 5.89. The van der Waals surface area contributed by atoms with Gasteiger partial charge in [0.2, 0.25) is 5.91 Å². The van der Waals surface area contributed by atoms with Crippen LogP contribution in [-0.2, 0) is 17.8 Å². The summed E-state index contributed by atoms with van der Waals surface area (Å²) < 4.78 is 1.75. The first kappa shape index (κ1) is 28.5. The number of tetrazole rings is 1. The van der Waals surface area contributed by atoms with E-state index < -0.39 is 11.6 Å². The normalized spacial score (nSPS) is 15.1. The summed E-state index contributed by atoms with van der Waals surface area (Å²) in [6.07, 6.45) is 6.04. The lowest BCUT2D eigenvalue weighted by molar-refractivity contribution is -0.129. The highest BCUT2D eigenvalue weighted by Crippen LogP contribution is 2.31. The fourth-order valence-corrected chi connectivity index (χ4v) is 6.54. The molecule has 9 heteroatoms. The quantitative estimate of drug-likeness (QED) is 0.192. The Balaban J connectivity index is 1.21. The minimum Gasteiger partial charge on any atom is -0.360 e. The molecule has 1 atom stereocenters. The third kappa shape index (κ3) is 5.93. The van der Waals surface area contributed by atoms with Crippen LogP contribution in [0.15, 0.2) is 103 Å². The van der Waals surface area contributed by atoms with Gasteiger partial charge in [0.1, 0.15) is 5.54 Å². The molecule has 1 saturated carbocycles. The van der Waals surface area contributed by atoms with E-state index in [1.807, 2.05) is 66.7 Å². The molecule has 2 amide bonds. The molecule has 0 bridgehead atoms. The van der Waals surface area contributed by atoms with E-state index in [2.05, 4.69) is 61.5 Å². The van der Waals surface area contributed by atoms with Gasteiger partial charge in [0, 0.05) is 23.5 Å². The Labute approximate surface area is 261 Å². The SMILES string of the molecule is O=C(NC1(C(=O)N[C@@H](Cc2ccc3ccccc3c2)c2nnnn2Cc2ccccc2)CCCCC1)c1c[nH]c2ccccc12. The number of fused-ring (bicyclic) bond motifs is 2. The van der Waals surface area contributed by atoms with Crippen LogP contribution in [0.4, 0.5) is 0 Å². The van der Waals surface area contributed by atoms with Crippen LogP contribution in [0.1, 0.15) is 65.5 Å². The van der Waals surface area contributed by atoms with Crippen LogP contribution in [0, 0.1) is 0 Å². The zero-order chi connectivity index (χ0) is 30.6. The second-order valence-corrected chi connectivity index (χ2v) is 11.9. The summed E-state index contributed by atoms with van der Waals surface area (Å²) in [6.45, 7) is 0.468. The molecule has 0 aliphatic heterocycles. The third-order valence-corrected chi connectivity index (χ3v) is 8.93. The fraction of sp³-hybridized carbons (Fsp3) is 0.250. The zero-order valence-corrected chi connectivity index (χ0v) is 24.9. The molecule has 0 spiro atoms. The molecule has 0 unspecified atom stereocenters. The maximum Gasteiger partial charge on any atom is 0.254 e. The lowest BCUT2D eigenvalue weighted by atomic mass is 9.80. The second-order valence-electron chi connectivity index (χ2n) is 11.9. The predicted molar refractivity (Wildman–Crippen MR) is 173 cm³/mol. The maximum absolute atomic E-state index is 14.5. The average Bonchev–Trinajstić information content (AvgIpc) is 3.73. The van der Waals surface area contributed by atoms with Gasteiger partial charge in [-0.05, 0) is 51.2 Å². The molecule has 0 radical (unpaired) electrons. The average molecular weight is 598 g/mol. The maximum atomic E-state index is 14.5.